The number of carbonyl (C=O) groups is 1. The summed E-state index contributed by atoms with van der Waals surface area (Å²) in [7, 11) is 0. The van der Waals surface area contributed by atoms with Crippen molar-refractivity contribution >= 4 is 17.5 Å². The molecule has 0 spiro atoms. The molecule has 0 N–H and O–H groups in total. The molecule has 3 aliphatic heterocycles. The lowest BCUT2D eigenvalue weighted by atomic mass is 9.83. The fraction of sp³-hybridized carbons (Fsp3) is 0.632. The van der Waals surface area contributed by atoms with Gasteiger partial charge in [-0.25, -0.2) is 0 Å². The van der Waals surface area contributed by atoms with E-state index >= 15 is 0 Å². The van der Waals surface area contributed by atoms with Crippen LogP contribution in [0.2, 0.25) is 5.02 Å². The summed E-state index contributed by atoms with van der Waals surface area (Å²) in [5, 5.41) is 2.81. The lowest BCUT2D eigenvalue weighted by Gasteiger charge is -2.31. The average Bonchev–Trinajstić information content (AvgIpc) is 3.02. The smallest absolute Gasteiger partial charge is 0.254 e. The third-order valence-electron chi connectivity index (χ3n) is 5.65. The number of piperidine rings is 2. The van der Waals surface area contributed by atoms with Gasteiger partial charge in [-0.2, -0.15) is 5.06 Å². The van der Waals surface area contributed by atoms with Crippen molar-refractivity contribution < 1.29 is 9.63 Å². The molecule has 4 nitrogen and oxygen atoms in total. The van der Waals surface area contributed by atoms with Crippen LogP contribution in [0.3, 0.4) is 0 Å². The van der Waals surface area contributed by atoms with Crippen molar-refractivity contribution in [3.63, 3.8) is 0 Å². The summed E-state index contributed by atoms with van der Waals surface area (Å²) in [5.74, 6) is 0.279. The van der Waals surface area contributed by atoms with E-state index in [1.54, 1.807) is 0 Å². The molecule has 0 aromatic heterocycles. The van der Waals surface area contributed by atoms with Gasteiger partial charge in [0.1, 0.15) is 0 Å². The van der Waals surface area contributed by atoms with E-state index in [0.717, 1.165) is 50.3 Å². The van der Waals surface area contributed by atoms with Crippen LogP contribution in [-0.2, 0) is 9.63 Å². The van der Waals surface area contributed by atoms with Crippen molar-refractivity contribution in [1.29, 1.82) is 0 Å². The quantitative estimate of drug-likeness (QED) is 0.818. The molecule has 4 rings (SSSR count). The highest BCUT2D eigenvalue weighted by atomic mass is 35.5. The van der Waals surface area contributed by atoms with E-state index in [1.165, 1.54) is 18.4 Å². The van der Waals surface area contributed by atoms with Crippen molar-refractivity contribution in [3.05, 3.63) is 34.9 Å². The second-order valence-corrected chi connectivity index (χ2v) is 7.63. The molecule has 0 bridgehead atoms. The van der Waals surface area contributed by atoms with Crippen LogP contribution in [0.1, 0.15) is 50.0 Å². The van der Waals surface area contributed by atoms with E-state index in [2.05, 4.69) is 17.2 Å². The highest BCUT2D eigenvalue weighted by Crippen LogP contribution is 2.41. The van der Waals surface area contributed by atoms with E-state index in [0.29, 0.717) is 6.04 Å². The minimum Gasteiger partial charge on any atom is -0.340 e. The Labute approximate surface area is 148 Å². The molecule has 0 unspecified atom stereocenters. The number of fused-ring (bicyclic) bond motifs is 1. The monoisotopic (exact) mass is 348 g/mol. The van der Waals surface area contributed by atoms with Gasteiger partial charge in [-0.05, 0) is 49.8 Å². The predicted octanol–water partition coefficient (Wildman–Crippen LogP) is 3.60. The molecule has 3 saturated heterocycles. The van der Waals surface area contributed by atoms with Crippen molar-refractivity contribution in [2.75, 3.05) is 19.6 Å². The fourth-order valence-electron chi connectivity index (χ4n) is 4.41. The zero-order valence-corrected chi connectivity index (χ0v) is 14.8. The Balaban J connectivity index is 1.62. The van der Waals surface area contributed by atoms with E-state index < -0.39 is 0 Å². The van der Waals surface area contributed by atoms with Crippen LogP contribution in [-0.4, -0.2) is 47.7 Å². The highest BCUT2D eigenvalue weighted by molar-refractivity contribution is 6.30. The first-order valence-electron chi connectivity index (χ1n) is 9.22. The molecular formula is C19H25ClN2O2. The van der Waals surface area contributed by atoms with Crippen LogP contribution in [0.25, 0.3) is 0 Å². The number of nitrogens with zero attached hydrogens (tertiary/aromatic N) is 2. The number of hydrogen-bond donors (Lipinski definition) is 0. The van der Waals surface area contributed by atoms with E-state index in [-0.39, 0.29) is 17.9 Å². The van der Waals surface area contributed by atoms with Gasteiger partial charge in [0, 0.05) is 36.6 Å². The minimum absolute atomic E-state index is 0.108. The number of hydroxylamine groups is 2. The SMILES string of the molecule is O=C([C@@H]1ON2CCCC[C@H]2[C@H]1c1ccc(Cl)cc1)N1CCCCC1. The number of benzene rings is 1. The van der Waals surface area contributed by atoms with Crippen LogP contribution in [0.4, 0.5) is 0 Å². The van der Waals surface area contributed by atoms with Crippen LogP contribution >= 0.6 is 11.6 Å². The molecule has 5 heteroatoms. The Bertz CT molecular complexity index is 586. The summed E-state index contributed by atoms with van der Waals surface area (Å²) in [6.07, 6.45) is 6.51. The van der Waals surface area contributed by atoms with Gasteiger partial charge < -0.3 is 4.90 Å². The Hall–Kier alpha value is -1.10. The van der Waals surface area contributed by atoms with Gasteiger partial charge in [0.25, 0.3) is 5.91 Å². The Morgan fingerprint density at radius 3 is 2.46 bits per heavy atom. The van der Waals surface area contributed by atoms with Gasteiger partial charge in [-0.3, -0.25) is 9.63 Å². The molecule has 3 fully saturated rings. The summed E-state index contributed by atoms with van der Waals surface area (Å²) in [6.45, 7) is 2.67. The molecule has 1 aromatic carbocycles. The average molecular weight is 349 g/mol. The molecule has 3 heterocycles. The number of amides is 1. The molecule has 1 aromatic rings. The third-order valence-corrected chi connectivity index (χ3v) is 5.91. The molecule has 1 amide bonds. The second-order valence-electron chi connectivity index (χ2n) is 7.19. The highest BCUT2D eigenvalue weighted by Gasteiger charge is 2.49. The molecule has 24 heavy (non-hydrogen) atoms. The van der Waals surface area contributed by atoms with Crippen LogP contribution < -0.4 is 0 Å². The Kier molecular flexibility index (Phi) is 4.79. The van der Waals surface area contributed by atoms with Gasteiger partial charge >= 0.3 is 0 Å². The molecule has 0 aliphatic carbocycles. The first kappa shape index (κ1) is 16.4. The molecule has 3 aliphatic rings. The van der Waals surface area contributed by atoms with Gasteiger partial charge in [0.05, 0.1) is 0 Å². The Morgan fingerprint density at radius 1 is 1.00 bits per heavy atom. The number of halogens is 1. The molecule has 0 saturated carbocycles. The first-order chi connectivity index (χ1) is 11.7. The maximum absolute atomic E-state index is 13.1. The number of hydrogen-bond acceptors (Lipinski definition) is 3. The topological polar surface area (TPSA) is 32.8 Å². The number of rotatable bonds is 2. The van der Waals surface area contributed by atoms with E-state index in [1.807, 2.05) is 17.0 Å². The van der Waals surface area contributed by atoms with Gasteiger partial charge in [-0.15, -0.1) is 0 Å². The normalized spacial score (nSPS) is 31.0. The number of likely N-dealkylation sites (tertiary alicyclic amines) is 1. The predicted molar refractivity (Wildman–Crippen MR) is 93.8 cm³/mol. The lowest BCUT2D eigenvalue weighted by Crippen LogP contribution is -2.44. The standard InChI is InChI=1S/C19H25ClN2O2/c20-15-9-7-14(8-10-15)17-16-6-2-5-13-22(16)24-18(17)19(23)21-11-3-1-4-12-21/h7-10,16-18H,1-6,11-13H2/t16-,17+,18+/m0/s1. The largest absolute Gasteiger partial charge is 0.340 e. The summed E-state index contributed by atoms with van der Waals surface area (Å²) < 4.78 is 0. The minimum atomic E-state index is -0.382. The van der Waals surface area contributed by atoms with Crippen molar-refractivity contribution in [2.24, 2.45) is 0 Å². The fourth-order valence-corrected chi connectivity index (χ4v) is 4.53. The van der Waals surface area contributed by atoms with Gasteiger partial charge in [0.15, 0.2) is 6.10 Å². The molecular weight excluding hydrogens is 324 g/mol. The Morgan fingerprint density at radius 2 is 1.71 bits per heavy atom. The summed E-state index contributed by atoms with van der Waals surface area (Å²) in [5.41, 5.74) is 1.17. The second kappa shape index (κ2) is 7.03. The van der Waals surface area contributed by atoms with E-state index in [9.17, 15) is 4.79 Å². The van der Waals surface area contributed by atoms with Gasteiger partial charge in [0.2, 0.25) is 0 Å². The molecule has 130 valence electrons. The van der Waals surface area contributed by atoms with Crippen molar-refractivity contribution in [2.45, 2.75) is 56.6 Å². The maximum atomic E-state index is 13.1. The van der Waals surface area contributed by atoms with Crippen LogP contribution in [0.5, 0.6) is 0 Å². The zero-order chi connectivity index (χ0) is 16.5. The lowest BCUT2D eigenvalue weighted by molar-refractivity contribution is -0.186. The number of carbonyl (C=O) groups excluding carboxylic acids is 1. The summed E-state index contributed by atoms with van der Waals surface area (Å²) >= 11 is 6.06. The third kappa shape index (κ3) is 3.07. The zero-order valence-electron chi connectivity index (χ0n) is 14.0. The molecule has 0 radical (unpaired) electrons. The maximum Gasteiger partial charge on any atom is 0.254 e. The summed E-state index contributed by atoms with van der Waals surface area (Å²) in [6, 6.07) is 8.27. The van der Waals surface area contributed by atoms with Crippen molar-refractivity contribution in [1.82, 2.24) is 9.96 Å². The van der Waals surface area contributed by atoms with Crippen LogP contribution in [0.15, 0.2) is 24.3 Å². The van der Waals surface area contributed by atoms with Gasteiger partial charge in [-0.1, -0.05) is 30.2 Å². The van der Waals surface area contributed by atoms with E-state index in [4.69, 9.17) is 16.4 Å². The molecule has 3 atom stereocenters. The summed E-state index contributed by atoms with van der Waals surface area (Å²) in [4.78, 5) is 21.3. The first-order valence-corrected chi connectivity index (χ1v) is 9.59. The van der Waals surface area contributed by atoms with Crippen LogP contribution in [0, 0.1) is 0 Å². The van der Waals surface area contributed by atoms with Crippen molar-refractivity contribution in [3.8, 4) is 0 Å².